The lowest BCUT2D eigenvalue weighted by molar-refractivity contribution is -0.134. The molecule has 4 nitrogen and oxygen atoms in total. The summed E-state index contributed by atoms with van der Waals surface area (Å²) in [5.41, 5.74) is 0. The van der Waals surface area contributed by atoms with Crippen LogP contribution in [0.5, 0.6) is 0 Å². The van der Waals surface area contributed by atoms with Gasteiger partial charge in [0.1, 0.15) is 12.0 Å². The number of unbranched alkanes of at least 4 members (excludes halogenated alkanes) is 2. The zero-order valence-electron chi connectivity index (χ0n) is 9.12. The van der Waals surface area contributed by atoms with Crippen LogP contribution in [0.25, 0.3) is 0 Å². The summed E-state index contributed by atoms with van der Waals surface area (Å²) < 4.78 is 4.62. The second kappa shape index (κ2) is 11.8. The Morgan fingerprint density at radius 1 is 1.36 bits per heavy atom. The molecule has 2 N–H and O–H groups in total. The van der Waals surface area contributed by atoms with Crippen LogP contribution in [0.4, 0.5) is 0 Å². The Bertz CT molecular complexity index is 160. The van der Waals surface area contributed by atoms with Crippen molar-refractivity contribution in [3.05, 3.63) is 12.0 Å². The fourth-order valence-corrected chi connectivity index (χ4v) is 0.751. The van der Waals surface area contributed by atoms with Gasteiger partial charge in [0.2, 0.25) is 0 Å². The molecule has 4 heteroatoms. The SMILES string of the molecule is CC(=O)O.CCCCC/C(O)=C/OC. The highest BCUT2D eigenvalue weighted by Crippen LogP contribution is 2.05. The van der Waals surface area contributed by atoms with Crippen molar-refractivity contribution in [1.29, 1.82) is 0 Å². The van der Waals surface area contributed by atoms with E-state index in [2.05, 4.69) is 11.7 Å². The van der Waals surface area contributed by atoms with Crippen LogP contribution in [0, 0.1) is 0 Å². The van der Waals surface area contributed by atoms with Gasteiger partial charge in [0.05, 0.1) is 7.11 Å². The van der Waals surface area contributed by atoms with Crippen LogP contribution in [0.15, 0.2) is 12.0 Å². The minimum absolute atomic E-state index is 0.343. The number of allylic oxidation sites excluding steroid dienone is 1. The lowest BCUT2D eigenvalue weighted by atomic mass is 10.2. The zero-order chi connectivity index (χ0) is 11.4. The molecule has 0 heterocycles. The standard InChI is InChI=1S/C8H16O2.C2H4O2/c1-3-4-5-6-8(9)7-10-2;1-2(3)4/h7,9H,3-6H2,1-2H3;1H3,(H,3,4)/b8-7-;. The fraction of sp³-hybridized carbons (Fsp3) is 0.700. The number of carboxylic acids is 1. The van der Waals surface area contributed by atoms with Crippen LogP contribution in [0.1, 0.15) is 39.5 Å². The molecule has 0 spiro atoms. The van der Waals surface area contributed by atoms with E-state index < -0.39 is 5.97 Å². The van der Waals surface area contributed by atoms with Gasteiger partial charge in [-0.2, -0.15) is 0 Å². The molecule has 0 amide bonds. The number of hydrogen-bond acceptors (Lipinski definition) is 3. The topological polar surface area (TPSA) is 66.8 Å². The van der Waals surface area contributed by atoms with E-state index in [0.717, 1.165) is 19.8 Å². The molecule has 0 saturated heterocycles. The molecule has 0 atom stereocenters. The normalized spacial score (nSPS) is 10.1. The number of rotatable bonds is 5. The van der Waals surface area contributed by atoms with Gasteiger partial charge in [-0.3, -0.25) is 4.79 Å². The largest absolute Gasteiger partial charge is 0.509 e. The molecular formula is C10H20O4. The van der Waals surface area contributed by atoms with E-state index in [1.807, 2.05) is 0 Å². The number of carboxylic acid groups (broad SMARTS) is 1. The van der Waals surface area contributed by atoms with Crippen molar-refractivity contribution >= 4 is 5.97 Å². The molecule has 0 fully saturated rings. The van der Waals surface area contributed by atoms with E-state index in [0.29, 0.717) is 5.76 Å². The highest BCUT2D eigenvalue weighted by atomic mass is 16.5. The maximum atomic E-state index is 9.01. The maximum absolute atomic E-state index is 9.01. The second-order valence-electron chi connectivity index (χ2n) is 2.82. The summed E-state index contributed by atoms with van der Waals surface area (Å²) in [7, 11) is 1.54. The number of methoxy groups -OCH3 is 1. The smallest absolute Gasteiger partial charge is 0.300 e. The molecule has 0 aliphatic carbocycles. The van der Waals surface area contributed by atoms with Crippen molar-refractivity contribution in [3.63, 3.8) is 0 Å². The quantitative estimate of drug-likeness (QED) is 0.533. The first kappa shape index (κ1) is 15.3. The molecule has 0 radical (unpaired) electrons. The van der Waals surface area contributed by atoms with E-state index in [9.17, 15) is 0 Å². The van der Waals surface area contributed by atoms with Crippen molar-refractivity contribution in [2.45, 2.75) is 39.5 Å². The molecule has 0 bridgehead atoms. The van der Waals surface area contributed by atoms with E-state index in [1.54, 1.807) is 0 Å². The highest BCUT2D eigenvalue weighted by molar-refractivity contribution is 5.62. The van der Waals surface area contributed by atoms with E-state index in [-0.39, 0.29) is 0 Å². The van der Waals surface area contributed by atoms with Crippen molar-refractivity contribution in [2.24, 2.45) is 0 Å². The fourth-order valence-electron chi connectivity index (χ4n) is 0.751. The molecule has 0 aromatic carbocycles. The summed E-state index contributed by atoms with van der Waals surface area (Å²) >= 11 is 0. The highest BCUT2D eigenvalue weighted by Gasteiger charge is 1.91. The third kappa shape index (κ3) is 22.4. The van der Waals surface area contributed by atoms with Crippen LogP contribution in [0.2, 0.25) is 0 Å². The Kier molecular flexibility index (Phi) is 12.9. The van der Waals surface area contributed by atoms with E-state index in [4.69, 9.17) is 15.0 Å². The van der Waals surface area contributed by atoms with Crippen LogP contribution in [-0.4, -0.2) is 23.3 Å². The Morgan fingerprint density at radius 3 is 2.21 bits per heavy atom. The van der Waals surface area contributed by atoms with Gasteiger partial charge in [-0.1, -0.05) is 19.8 Å². The molecule has 0 aliphatic rings. The predicted molar refractivity (Wildman–Crippen MR) is 55.2 cm³/mol. The van der Waals surface area contributed by atoms with Gasteiger partial charge >= 0.3 is 0 Å². The Balaban J connectivity index is 0. The molecule has 0 saturated carbocycles. The minimum atomic E-state index is -0.833. The molecule has 0 aromatic heterocycles. The first-order valence-electron chi connectivity index (χ1n) is 4.64. The molecule has 0 rings (SSSR count). The zero-order valence-corrected chi connectivity index (χ0v) is 9.12. The molecule has 0 aromatic rings. The van der Waals surface area contributed by atoms with Crippen molar-refractivity contribution in [3.8, 4) is 0 Å². The minimum Gasteiger partial charge on any atom is -0.509 e. The third-order valence-electron chi connectivity index (χ3n) is 1.29. The Morgan fingerprint density at radius 2 is 1.86 bits per heavy atom. The monoisotopic (exact) mass is 204 g/mol. The van der Waals surface area contributed by atoms with Crippen LogP contribution in [-0.2, 0) is 9.53 Å². The lowest BCUT2D eigenvalue weighted by Gasteiger charge is -1.97. The van der Waals surface area contributed by atoms with Crippen molar-refractivity contribution in [2.75, 3.05) is 7.11 Å². The summed E-state index contributed by atoms with van der Waals surface area (Å²) in [4.78, 5) is 9.00. The number of aliphatic carboxylic acids is 1. The molecular weight excluding hydrogens is 184 g/mol. The van der Waals surface area contributed by atoms with Crippen LogP contribution < -0.4 is 0 Å². The Labute approximate surface area is 85.2 Å². The third-order valence-corrected chi connectivity index (χ3v) is 1.29. The number of aliphatic hydroxyl groups excluding tert-OH is 1. The average molecular weight is 204 g/mol. The molecule has 84 valence electrons. The molecule has 0 unspecified atom stereocenters. The van der Waals surface area contributed by atoms with Gasteiger partial charge in [0.15, 0.2) is 0 Å². The van der Waals surface area contributed by atoms with Gasteiger partial charge in [-0.25, -0.2) is 0 Å². The number of ether oxygens (including phenoxy) is 1. The van der Waals surface area contributed by atoms with Gasteiger partial charge < -0.3 is 14.9 Å². The summed E-state index contributed by atoms with van der Waals surface area (Å²) in [6.07, 6.45) is 5.52. The van der Waals surface area contributed by atoms with Gasteiger partial charge in [-0.05, 0) is 6.42 Å². The van der Waals surface area contributed by atoms with E-state index >= 15 is 0 Å². The van der Waals surface area contributed by atoms with Crippen molar-refractivity contribution in [1.82, 2.24) is 0 Å². The second-order valence-corrected chi connectivity index (χ2v) is 2.82. The number of hydrogen-bond donors (Lipinski definition) is 2. The lowest BCUT2D eigenvalue weighted by Crippen LogP contribution is -1.83. The van der Waals surface area contributed by atoms with Gasteiger partial charge in [0.25, 0.3) is 5.97 Å². The number of carbonyl (C=O) groups is 1. The average Bonchev–Trinajstić information content (AvgIpc) is 2.04. The first-order chi connectivity index (χ1) is 6.54. The number of aliphatic hydroxyl groups is 1. The van der Waals surface area contributed by atoms with Gasteiger partial charge in [0, 0.05) is 13.3 Å². The molecule has 0 aliphatic heterocycles. The summed E-state index contributed by atoms with van der Waals surface area (Å²) in [5.74, 6) is -0.490. The summed E-state index contributed by atoms with van der Waals surface area (Å²) in [5, 5.41) is 16.4. The molecule has 14 heavy (non-hydrogen) atoms. The predicted octanol–water partition coefficient (Wildman–Crippen LogP) is 2.70. The van der Waals surface area contributed by atoms with Crippen LogP contribution in [0.3, 0.4) is 0 Å². The van der Waals surface area contributed by atoms with Gasteiger partial charge in [-0.15, -0.1) is 0 Å². The van der Waals surface area contributed by atoms with Crippen LogP contribution >= 0.6 is 0 Å². The van der Waals surface area contributed by atoms with Crippen molar-refractivity contribution < 1.29 is 19.7 Å². The Hall–Kier alpha value is -1.19. The first-order valence-corrected chi connectivity index (χ1v) is 4.64. The summed E-state index contributed by atoms with van der Waals surface area (Å²) in [6.45, 7) is 3.22. The van der Waals surface area contributed by atoms with E-state index in [1.165, 1.54) is 26.2 Å². The summed E-state index contributed by atoms with van der Waals surface area (Å²) in [6, 6.07) is 0. The maximum Gasteiger partial charge on any atom is 0.300 e.